The van der Waals surface area contributed by atoms with Crippen molar-refractivity contribution in [3.63, 3.8) is 0 Å². The largest absolute Gasteiger partial charge is 0.322 e. The Morgan fingerprint density at radius 3 is 2.35 bits per heavy atom. The van der Waals surface area contributed by atoms with E-state index in [-0.39, 0.29) is 11.3 Å². The lowest BCUT2D eigenvalue weighted by Gasteiger charge is -2.07. The number of carbonyl (C=O) groups excluding carboxylic acids is 1. The zero-order chi connectivity index (χ0) is 14.7. The van der Waals surface area contributed by atoms with Gasteiger partial charge in [0, 0.05) is 17.8 Å². The molecule has 0 aliphatic rings. The van der Waals surface area contributed by atoms with Gasteiger partial charge in [-0.05, 0) is 18.2 Å². The van der Waals surface area contributed by atoms with Crippen molar-refractivity contribution in [2.75, 3.05) is 5.32 Å². The van der Waals surface area contributed by atoms with E-state index in [1.165, 1.54) is 24.3 Å². The Kier molecular flexibility index (Phi) is 3.71. The van der Waals surface area contributed by atoms with Crippen molar-refractivity contribution in [2.24, 2.45) is 0 Å². The smallest absolute Gasteiger partial charge is 0.261 e. The summed E-state index contributed by atoms with van der Waals surface area (Å²) < 4.78 is 39.6. The van der Waals surface area contributed by atoms with E-state index in [1.54, 1.807) is 0 Å². The molecule has 6 heteroatoms. The Balaban J connectivity index is 2.31. The maximum absolute atomic E-state index is 13.4. The van der Waals surface area contributed by atoms with Crippen molar-refractivity contribution < 1.29 is 18.0 Å². The van der Waals surface area contributed by atoms with Crippen LogP contribution >= 0.6 is 0 Å². The van der Waals surface area contributed by atoms with Crippen LogP contribution in [0.3, 0.4) is 0 Å². The third kappa shape index (κ3) is 2.78. The van der Waals surface area contributed by atoms with Crippen LogP contribution < -0.4 is 5.32 Å². The van der Waals surface area contributed by atoms with Gasteiger partial charge in [-0.3, -0.25) is 4.79 Å². The second kappa shape index (κ2) is 5.45. The first-order valence-corrected chi connectivity index (χ1v) is 5.47. The van der Waals surface area contributed by atoms with Gasteiger partial charge in [-0.25, -0.2) is 13.2 Å². The van der Waals surface area contributed by atoms with E-state index < -0.39 is 28.9 Å². The second-order valence-electron chi connectivity index (χ2n) is 3.89. The fourth-order valence-electron chi connectivity index (χ4n) is 1.62. The Morgan fingerprint density at radius 1 is 1.10 bits per heavy atom. The van der Waals surface area contributed by atoms with Crippen LogP contribution in [0.1, 0.15) is 15.9 Å². The van der Waals surface area contributed by atoms with Gasteiger partial charge < -0.3 is 5.32 Å². The highest BCUT2D eigenvalue weighted by atomic mass is 19.1. The summed E-state index contributed by atoms with van der Waals surface area (Å²) in [7, 11) is 0. The molecule has 2 rings (SSSR count). The van der Waals surface area contributed by atoms with E-state index >= 15 is 0 Å². The number of nitriles is 1. The van der Waals surface area contributed by atoms with Crippen LogP contribution in [0, 0.1) is 28.8 Å². The van der Waals surface area contributed by atoms with Gasteiger partial charge >= 0.3 is 0 Å². The zero-order valence-corrected chi connectivity index (χ0v) is 9.95. The van der Waals surface area contributed by atoms with E-state index in [2.05, 4.69) is 5.32 Å². The van der Waals surface area contributed by atoms with Crippen molar-refractivity contribution in [3.05, 3.63) is 65.0 Å². The number of amides is 1. The Hall–Kier alpha value is -2.81. The van der Waals surface area contributed by atoms with Gasteiger partial charge in [0.1, 0.15) is 23.0 Å². The summed E-state index contributed by atoms with van der Waals surface area (Å²) in [5, 5.41) is 10.9. The molecule has 3 nitrogen and oxygen atoms in total. The fraction of sp³-hybridized carbons (Fsp3) is 0. The molecule has 0 saturated heterocycles. The molecule has 2 aromatic rings. The van der Waals surface area contributed by atoms with E-state index in [4.69, 9.17) is 5.26 Å². The van der Waals surface area contributed by atoms with E-state index in [9.17, 15) is 18.0 Å². The molecule has 0 radical (unpaired) electrons. The first-order valence-electron chi connectivity index (χ1n) is 5.47. The van der Waals surface area contributed by atoms with Crippen molar-refractivity contribution >= 4 is 11.6 Å². The molecule has 0 heterocycles. The van der Waals surface area contributed by atoms with Crippen LogP contribution in [0.5, 0.6) is 0 Å². The summed E-state index contributed by atoms with van der Waals surface area (Å²) in [6, 6.07) is 8.52. The molecule has 1 N–H and O–H groups in total. The van der Waals surface area contributed by atoms with Gasteiger partial charge in [0.25, 0.3) is 5.91 Å². The molecule has 2 aromatic carbocycles. The molecule has 0 saturated carbocycles. The first-order chi connectivity index (χ1) is 9.51. The first kappa shape index (κ1) is 13.6. The van der Waals surface area contributed by atoms with Crippen molar-refractivity contribution in [2.45, 2.75) is 0 Å². The minimum atomic E-state index is -1.29. The highest BCUT2D eigenvalue weighted by Gasteiger charge is 2.19. The van der Waals surface area contributed by atoms with Crippen LogP contribution in [0.15, 0.2) is 36.4 Å². The maximum Gasteiger partial charge on any atom is 0.261 e. The number of nitrogens with one attached hydrogen (secondary N) is 1. The molecule has 0 aromatic heterocycles. The summed E-state index contributed by atoms with van der Waals surface area (Å²) in [6.45, 7) is 0. The van der Waals surface area contributed by atoms with Crippen molar-refractivity contribution in [3.8, 4) is 6.07 Å². The summed E-state index contributed by atoms with van der Waals surface area (Å²) in [4.78, 5) is 11.8. The topological polar surface area (TPSA) is 52.9 Å². The lowest BCUT2D eigenvalue weighted by molar-refractivity contribution is 0.101. The number of carbonyl (C=O) groups is 1. The summed E-state index contributed by atoms with van der Waals surface area (Å²) in [6.07, 6.45) is 0. The number of anilines is 1. The van der Waals surface area contributed by atoms with Crippen LogP contribution in [0.2, 0.25) is 0 Å². The third-order valence-electron chi connectivity index (χ3n) is 2.48. The van der Waals surface area contributed by atoms with Gasteiger partial charge in [0.15, 0.2) is 0 Å². The molecule has 0 spiro atoms. The van der Waals surface area contributed by atoms with E-state index in [0.717, 1.165) is 0 Å². The molecule has 0 fully saturated rings. The van der Waals surface area contributed by atoms with Gasteiger partial charge in [0.2, 0.25) is 0 Å². The number of rotatable bonds is 2. The standard InChI is InChI=1S/C14H7F3N2O/c15-9-5-11(16)13(12(17)6-9)14(20)19-10-3-1-2-8(4-10)7-18/h1-6H,(H,19,20). The normalized spacial score (nSPS) is 9.90. The number of hydrogen-bond donors (Lipinski definition) is 1. The molecule has 0 atom stereocenters. The SMILES string of the molecule is N#Cc1cccc(NC(=O)c2c(F)cc(F)cc2F)c1. The number of halogens is 3. The van der Waals surface area contributed by atoms with Crippen LogP contribution in [-0.2, 0) is 0 Å². The fourth-order valence-corrected chi connectivity index (χ4v) is 1.62. The number of benzene rings is 2. The van der Waals surface area contributed by atoms with Crippen LogP contribution in [0.25, 0.3) is 0 Å². The summed E-state index contributed by atoms with van der Waals surface area (Å²) in [5.41, 5.74) is -0.395. The molecular formula is C14H7F3N2O. The predicted molar refractivity (Wildman–Crippen MR) is 65.4 cm³/mol. The third-order valence-corrected chi connectivity index (χ3v) is 2.48. The molecule has 0 bridgehead atoms. The second-order valence-corrected chi connectivity index (χ2v) is 3.89. The molecule has 100 valence electrons. The minimum absolute atomic E-state index is 0.206. The minimum Gasteiger partial charge on any atom is -0.322 e. The Bertz CT molecular complexity index is 700. The van der Waals surface area contributed by atoms with Crippen LogP contribution in [0.4, 0.5) is 18.9 Å². The lowest BCUT2D eigenvalue weighted by Crippen LogP contribution is -2.16. The summed E-state index contributed by atoms with van der Waals surface area (Å²) >= 11 is 0. The lowest BCUT2D eigenvalue weighted by atomic mass is 10.1. The maximum atomic E-state index is 13.4. The average molecular weight is 276 g/mol. The predicted octanol–water partition coefficient (Wildman–Crippen LogP) is 3.23. The number of hydrogen-bond acceptors (Lipinski definition) is 2. The highest BCUT2D eigenvalue weighted by molar-refractivity contribution is 6.04. The van der Waals surface area contributed by atoms with Crippen LogP contribution in [-0.4, -0.2) is 5.91 Å². The highest BCUT2D eigenvalue weighted by Crippen LogP contribution is 2.17. The zero-order valence-electron chi connectivity index (χ0n) is 9.95. The molecule has 0 aliphatic heterocycles. The summed E-state index contributed by atoms with van der Waals surface area (Å²) in [5.74, 6) is -4.76. The molecule has 20 heavy (non-hydrogen) atoms. The monoisotopic (exact) mass is 276 g/mol. The van der Waals surface area contributed by atoms with Crippen molar-refractivity contribution in [1.29, 1.82) is 5.26 Å². The van der Waals surface area contributed by atoms with E-state index in [0.29, 0.717) is 12.1 Å². The number of nitrogens with zero attached hydrogens (tertiary/aromatic N) is 1. The molecular weight excluding hydrogens is 269 g/mol. The Morgan fingerprint density at radius 2 is 1.75 bits per heavy atom. The molecule has 1 amide bonds. The average Bonchev–Trinajstić information content (AvgIpc) is 2.37. The van der Waals surface area contributed by atoms with Gasteiger partial charge in [-0.1, -0.05) is 6.07 Å². The van der Waals surface area contributed by atoms with Crippen molar-refractivity contribution in [1.82, 2.24) is 0 Å². The molecule has 0 aliphatic carbocycles. The Labute approximate surface area is 112 Å². The van der Waals surface area contributed by atoms with Gasteiger partial charge in [-0.15, -0.1) is 0 Å². The van der Waals surface area contributed by atoms with Gasteiger partial charge in [0.05, 0.1) is 11.6 Å². The molecule has 0 unspecified atom stereocenters. The van der Waals surface area contributed by atoms with E-state index in [1.807, 2.05) is 6.07 Å². The quantitative estimate of drug-likeness (QED) is 0.915. The van der Waals surface area contributed by atoms with Gasteiger partial charge in [-0.2, -0.15) is 5.26 Å².